The summed E-state index contributed by atoms with van der Waals surface area (Å²) in [4.78, 5) is 11.7. The van der Waals surface area contributed by atoms with Crippen LogP contribution in [0.25, 0.3) is 32.3 Å². The lowest BCUT2D eigenvalue weighted by atomic mass is 9.91. The highest BCUT2D eigenvalue weighted by Gasteiger charge is 2.14. The van der Waals surface area contributed by atoms with Crippen LogP contribution in [0.4, 0.5) is 5.69 Å². The Morgan fingerprint density at radius 3 is 2.40 bits per heavy atom. The molecular formula is C17H12N2O. The highest BCUT2D eigenvalue weighted by molar-refractivity contribution is 6.27. The van der Waals surface area contributed by atoms with Gasteiger partial charge in [-0.3, -0.25) is 4.79 Å². The van der Waals surface area contributed by atoms with Gasteiger partial charge in [0.15, 0.2) is 0 Å². The van der Waals surface area contributed by atoms with E-state index in [4.69, 9.17) is 11.5 Å². The first kappa shape index (κ1) is 11.1. The monoisotopic (exact) mass is 260 g/mol. The van der Waals surface area contributed by atoms with Crippen LogP contribution >= 0.6 is 0 Å². The Labute approximate surface area is 115 Å². The first-order chi connectivity index (χ1) is 9.65. The molecule has 4 N–H and O–H groups in total. The third kappa shape index (κ3) is 1.32. The van der Waals surface area contributed by atoms with E-state index in [1.165, 1.54) is 0 Å². The van der Waals surface area contributed by atoms with Crippen molar-refractivity contribution in [3.63, 3.8) is 0 Å². The van der Waals surface area contributed by atoms with Gasteiger partial charge >= 0.3 is 0 Å². The number of benzene rings is 4. The van der Waals surface area contributed by atoms with Crippen LogP contribution in [0.1, 0.15) is 10.4 Å². The van der Waals surface area contributed by atoms with Crippen LogP contribution in [-0.4, -0.2) is 5.91 Å². The molecule has 0 fully saturated rings. The summed E-state index contributed by atoms with van der Waals surface area (Å²) in [5.41, 5.74) is 12.7. The van der Waals surface area contributed by atoms with Crippen molar-refractivity contribution in [2.24, 2.45) is 5.73 Å². The van der Waals surface area contributed by atoms with E-state index >= 15 is 0 Å². The van der Waals surface area contributed by atoms with Crippen molar-refractivity contribution in [1.82, 2.24) is 0 Å². The molecule has 4 rings (SSSR count). The highest BCUT2D eigenvalue weighted by Crippen LogP contribution is 2.37. The molecule has 0 saturated heterocycles. The van der Waals surface area contributed by atoms with Crippen LogP contribution in [0, 0.1) is 0 Å². The minimum atomic E-state index is -0.414. The van der Waals surface area contributed by atoms with Crippen molar-refractivity contribution >= 4 is 43.9 Å². The molecule has 0 aliphatic heterocycles. The normalized spacial score (nSPS) is 11.6. The van der Waals surface area contributed by atoms with E-state index in [-0.39, 0.29) is 0 Å². The molecule has 0 saturated carbocycles. The number of carbonyl (C=O) groups is 1. The van der Waals surface area contributed by atoms with Gasteiger partial charge in [-0.1, -0.05) is 30.3 Å². The van der Waals surface area contributed by atoms with Gasteiger partial charge in [-0.25, -0.2) is 0 Å². The molecule has 0 aromatic heterocycles. The molecule has 0 heterocycles. The smallest absolute Gasteiger partial charge is 0.249 e. The van der Waals surface area contributed by atoms with Gasteiger partial charge in [0, 0.05) is 11.3 Å². The molecule has 0 radical (unpaired) electrons. The summed E-state index contributed by atoms with van der Waals surface area (Å²) in [6, 6.07) is 15.7. The Morgan fingerprint density at radius 1 is 0.850 bits per heavy atom. The molecule has 0 atom stereocenters. The van der Waals surface area contributed by atoms with Crippen LogP contribution in [0.15, 0.2) is 48.5 Å². The molecule has 3 heteroatoms. The summed E-state index contributed by atoms with van der Waals surface area (Å²) in [6.07, 6.45) is 0. The van der Waals surface area contributed by atoms with Crippen molar-refractivity contribution in [2.75, 3.05) is 5.73 Å². The lowest BCUT2D eigenvalue weighted by molar-refractivity contribution is 0.100. The molecular weight excluding hydrogens is 248 g/mol. The zero-order valence-electron chi connectivity index (χ0n) is 10.7. The van der Waals surface area contributed by atoms with Crippen molar-refractivity contribution in [1.29, 1.82) is 0 Å². The van der Waals surface area contributed by atoms with Gasteiger partial charge in [0.1, 0.15) is 0 Å². The maximum absolute atomic E-state index is 11.7. The van der Waals surface area contributed by atoms with E-state index in [1.807, 2.05) is 42.5 Å². The molecule has 3 nitrogen and oxygen atoms in total. The third-order valence-corrected chi connectivity index (χ3v) is 3.87. The van der Waals surface area contributed by atoms with E-state index in [1.54, 1.807) is 0 Å². The second-order valence-electron chi connectivity index (χ2n) is 5.10. The Hall–Kier alpha value is -2.81. The fourth-order valence-corrected chi connectivity index (χ4v) is 3.07. The van der Waals surface area contributed by atoms with Gasteiger partial charge in [0.05, 0.1) is 0 Å². The summed E-state index contributed by atoms with van der Waals surface area (Å²) < 4.78 is 0. The SMILES string of the molecule is NC(=O)c1cc2cc(N)cc3ccc4cccc1c4c32. The number of amides is 1. The predicted octanol–water partition coefficient (Wildman–Crippen LogP) is 3.27. The topological polar surface area (TPSA) is 69.1 Å². The summed E-state index contributed by atoms with van der Waals surface area (Å²) in [5.74, 6) is -0.414. The molecule has 0 aliphatic carbocycles. The molecule has 1 amide bonds. The zero-order chi connectivity index (χ0) is 13.9. The van der Waals surface area contributed by atoms with Gasteiger partial charge in [-0.05, 0) is 50.5 Å². The maximum atomic E-state index is 11.7. The summed E-state index contributed by atoms with van der Waals surface area (Å²) in [6.45, 7) is 0. The molecule has 4 aromatic carbocycles. The number of nitrogens with two attached hydrogens (primary N) is 2. The van der Waals surface area contributed by atoms with Crippen molar-refractivity contribution in [3.05, 3.63) is 54.1 Å². The van der Waals surface area contributed by atoms with Crippen LogP contribution in [0.2, 0.25) is 0 Å². The second kappa shape index (κ2) is 3.61. The lowest BCUT2D eigenvalue weighted by Gasteiger charge is -2.13. The fourth-order valence-electron chi connectivity index (χ4n) is 3.07. The number of primary amides is 1. The van der Waals surface area contributed by atoms with E-state index < -0.39 is 5.91 Å². The van der Waals surface area contributed by atoms with Crippen molar-refractivity contribution in [2.45, 2.75) is 0 Å². The van der Waals surface area contributed by atoms with Crippen LogP contribution in [-0.2, 0) is 0 Å². The number of anilines is 1. The lowest BCUT2D eigenvalue weighted by Crippen LogP contribution is -2.11. The minimum Gasteiger partial charge on any atom is -0.399 e. The van der Waals surface area contributed by atoms with Gasteiger partial charge < -0.3 is 11.5 Å². The first-order valence-corrected chi connectivity index (χ1v) is 6.42. The molecule has 0 unspecified atom stereocenters. The fraction of sp³-hybridized carbons (Fsp3) is 0. The van der Waals surface area contributed by atoms with Gasteiger partial charge in [-0.15, -0.1) is 0 Å². The number of nitrogen functional groups attached to an aromatic ring is 1. The average molecular weight is 260 g/mol. The number of carbonyl (C=O) groups excluding carboxylic acids is 1. The summed E-state index contributed by atoms with van der Waals surface area (Å²) in [7, 11) is 0. The van der Waals surface area contributed by atoms with E-state index in [9.17, 15) is 4.79 Å². The standard InChI is InChI=1S/C17H12N2O/c18-12-6-10-5-4-9-2-1-3-13-14(17(19)20)8-11(7-12)15(10)16(9)13/h1-8H,18H2,(H2,19,20). The molecule has 20 heavy (non-hydrogen) atoms. The highest BCUT2D eigenvalue weighted by atomic mass is 16.1. The molecule has 4 aromatic rings. The zero-order valence-corrected chi connectivity index (χ0v) is 10.7. The second-order valence-corrected chi connectivity index (χ2v) is 5.10. The van der Waals surface area contributed by atoms with Crippen LogP contribution in [0.3, 0.4) is 0 Å². The Kier molecular flexibility index (Phi) is 1.99. The van der Waals surface area contributed by atoms with E-state index in [0.29, 0.717) is 11.3 Å². The van der Waals surface area contributed by atoms with Crippen LogP contribution < -0.4 is 11.5 Å². The van der Waals surface area contributed by atoms with Gasteiger partial charge in [0.25, 0.3) is 0 Å². The van der Waals surface area contributed by atoms with E-state index in [0.717, 1.165) is 32.3 Å². The largest absolute Gasteiger partial charge is 0.399 e. The van der Waals surface area contributed by atoms with Crippen molar-refractivity contribution < 1.29 is 4.79 Å². The Balaban J connectivity index is 2.41. The Bertz CT molecular complexity index is 988. The quantitative estimate of drug-likeness (QED) is 0.407. The number of hydrogen-bond acceptors (Lipinski definition) is 2. The summed E-state index contributed by atoms with van der Waals surface area (Å²) >= 11 is 0. The number of hydrogen-bond donors (Lipinski definition) is 2. The number of rotatable bonds is 1. The predicted molar refractivity (Wildman–Crippen MR) is 83.1 cm³/mol. The van der Waals surface area contributed by atoms with Gasteiger partial charge in [0.2, 0.25) is 5.91 Å². The average Bonchev–Trinajstić information content (AvgIpc) is 2.43. The molecule has 0 aliphatic rings. The molecule has 0 spiro atoms. The summed E-state index contributed by atoms with van der Waals surface area (Å²) in [5, 5.41) is 6.26. The molecule has 0 bridgehead atoms. The first-order valence-electron chi connectivity index (χ1n) is 6.42. The Morgan fingerprint density at radius 2 is 1.60 bits per heavy atom. The minimum absolute atomic E-state index is 0.414. The third-order valence-electron chi connectivity index (χ3n) is 3.87. The maximum Gasteiger partial charge on any atom is 0.249 e. The van der Waals surface area contributed by atoms with E-state index in [2.05, 4.69) is 6.07 Å². The molecule has 96 valence electrons. The van der Waals surface area contributed by atoms with Crippen molar-refractivity contribution in [3.8, 4) is 0 Å². The van der Waals surface area contributed by atoms with Gasteiger partial charge in [-0.2, -0.15) is 0 Å². The van der Waals surface area contributed by atoms with Crippen LogP contribution in [0.5, 0.6) is 0 Å².